The molecule has 2 rings (SSSR count). The van der Waals surface area contributed by atoms with Gasteiger partial charge in [0.25, 0.3) is 0 Å². The summed E-state index contributed by atoms with van der Waals surface area (Å²) < 4.78 is 0. The highest BCUT2D eigenvalue weighted by Crippen LogP contribution is 2.21. The summed E-state index contributed by atoms with van der Waals surface area (Å²) in [4.78, 5) is 4.11. The van der Waals surface area contributed by atoms with E-state index in [0.717, 1.165) is 21.9 Å². The van der Waals surface area contributed by atoms with E-state index in [9.17, 15) is 0 Å². The van der Waals surface area contributed by atoms with E-state index in [1.807, 2.05) is 37.5 Å². The zero-order valence-electron chi connectivity index (χ0n) is 7.49. The van der Waals surface area contributed by atoms with E-state index in [2.05, 4.69) is 4.98 Å². The van der Waals surface area contributed by atoms with E-state index in [4.69, 9.17) is 5.11 Å². The van der Waals surface area contributed by atoms with Crippen molar-refractivity contribution in [1.29, 1.82) is 0 Å². The number of fused-ring (bicyclic) bond motifs is 1. The van der Waals surface area contributed by atoms with E-state index in [-0.39, 0.29) is 6.61 Å². The van der Waals surface area contributed by atoms with Gasteiger partial charge in [0.1, 0.15) is 0 Å². The minimum absolute atomic E-state index is 0.0855. The van der Waals surface area contributed by atoms with Crippen molar-refractivity contribution in [2.75, 3.05) is 0 Å². The second-order valence-electron chi connectivity index (χ2n) is 3.13. The second-order valence-corrected chi connectivity index (χ2v) is 3.13. The lowest BCUT2D eigenvalue weighted by Gasteiger charge is -2.05. The van der Waals surface area contributed by atoms with Gasteiger partial charge >= 0.3 is 0 Å². The molecule has 1 N–H and O–H groups in total. The molecular weight excluding hydrogens is 162 g/mol. The Hall–Kier alpha value is -1.41. The van der Waals surface area contributed by atoms with Crippen molar-refractivity contribution in [3.63, 3.8) is 0 Å². The average Bonchev–Trinajstić information content (AvgIpc) is 2.17. The largest absolute Gasteiger partial charge is 0.392 e. The minimum atomic E-state index is 0.0855. The highest BCUT2D eigenvalue weighted by atomic mass is 16.3. The molecule has 13 heavy (non-hydrogen) atoms. The van der Waals surface area contributed by atoms with E-state index < -0.39 is 0 Å². The van der Waals surface area contributed by atoms with Gasteiger partial charge in [0.15, 0.2) is 0 Å². The van der Waals surface area contributed by atoms with Gasteiger partial charge in [0, 0.05) is 17.8 Å². The lowest BCUT2D eigenvalue weighted by atomic mass is 10.0. The second kappa shape index (κ2) is 3.15. The molecule has 1 aromatic carbocycles. The Balaban J connectivity index is 2.87. The van der Waals surface area contributed by atoms with Crippen molar-refractivity contribution < 1.29 is 5.11 Å². The zero-order valence-corrected chi connectivity index (χ0v) is 7.49. The molecule has 0 radical (unpaired) electrons. The molecule has 0 bridgehead atoms. The number of hydrogen-bond donors (Lipinski definition) is 1. The molecule has 0 aliphatic heterocycles. The van der Waals surface area contributed by atoms with Crippen LogP contribution in [0.2, 0.25) is 0 Å². The molecule has 2 nitrogen and oxygen atoms in total. The van der Waals surface area contributed by atoms with Crippen LogP contribution in [0.15, 0.2) is 30.6 Å². The summed E-state index contributed by atoms with van der Waals surface area (Å²) in [6.45, 7) is 2.09. The Morgan fingerprint density at radius 3 is 2.92 bits per heavy atom. The van der Waals surface area contributed by atoms with Crippen molar-refractivity contribution in [3.8, 4) is 0 Å². The quantitative estimate of drug-likeness (QED) is 0.715. The van der Waals surface area contributed by atoms with Gasteiger partial charge in [-0.3, -0.25) is 4.98 Å². The van der Waals surface area contributed by atoms with Crippen LogP contribution in [-0.4, -0.2) is 10.1 Å². The Labute approximate surface area is 76.9 Å². The van der Waals surface area contributed by atoms with Crippen LogP contribution in [0.3, 0.4) is 0 Å². The van der Waals surface area contributed by atoms with Crippen molar-refractivity contribution in [2.24, 2.45) is 0 Å². The number of pyridine rings is 1. The summed E-state index contributed by atoms with van der Waals surface area (Å²) in [6, 6.07) is 5.89. The van der Waals surface area contributed by atoms with Crippen LogP contribution in [0.5, 0.6) is 0 Å². The van der Waals surface area contributed by atoms with Gasteiger partial charge in [-0.2, -0.15) is 0 Å². The molecule has 0 saturated carbocycles. The normalized spacial score (nSPS) is 10.6. The first-order valence-electron chi connectivity index (χ1n) is 4.26. The first-order valence-corrected chi connectivity index (χ1v) is 4.26. The predicted molar refractivity (Wildman–Crippen MR) is 52.4 cm³/mol. The fourth-order valence-electron chi connectivity index (χ4n) is 1.63. The summed E-state index contributed by atoms with van der Waals surface area (Å²) in [5, 5.41) is 11.4. The molecule has 1 heterocycles. The third kappa shape index (κ3) is 1.29. The fourth-order valence-corrected chi connectivity index (χ4v) is 1.63. The van der Waals surface area contributed by atoms with Crippen LogP contribution in [0.4, 0.5) is 0 Å². The van der Waals surface area contributed by atoms with E-state index in [0.29, 0.717) is 0 Å². The Kier molecular flexibility index (Phi) is 1.99. The van der Waals surface area contributed by atoms with E-state index in [1.54, 1.807) is 0 Å². The molecule has 0 amide bonds. The van der Waals surface area contributed by atoms with Crippen LogP contribution < -0.4 is 0 Å². The lowest BCUT2D eigenvalue weighted by Crippen LogP contribution is -1.89. The van der Waals surface area contributed by atoms with Crippen LogP contribution in [-0.2, 0) is 6.61 Å². The summed E-state index contributed by atoms with van der Waals surface area (Å²) in [5.41, 5.74) is 2.08. The van der Waals surface area contributed by atoms with Crippen molar-refractivity contribution in [1.82, 2.24) is 4.98 Å². The maximum Gasteiger partial charge on any atom is 0.0687 e. The van der Waals surface area contributed by atoms with Crippen LogP contribution >= 0.6 is 0 Å². The molecule has 0 fully saturated rings. The molecule has 66 valence electrons. The molecule has 2 heteroatoms. The summed E-state index contributed by atoms with van der Waals surface area (Å²) in [7, 11) is 0. The molecular formula is C11H11NO. The summed E-state index contributed by atoms with van der Waals surface area (Å²) in [5.74, 6) is 0. The summed E-state index contributed by atoms with van der Waals surface area (Å²) >= 11 is 0. The number of benzene rings is 1. The molecule has 0 aliphatic rings. The van der Waals surface area contributed by atoms with Gasteiger partial charge < -0.3 is 5.11 Å². The highest BCUT2D eigenvalue weighted by Gasteiger charge is 2.01. The first-order chi connectivity index (χ1) is 6.33. The molecule has 0 aliphatic carbocycles. The monoisotopic (exact) mass is 173 g/mol. The highest BCUT2D eigenvalue weighted by molar-refractivity contribution is 5.87. The summed E-state index contributed by atoms with van der Waals surface area (Å²) in [6.07, 6.45) is 3.64. The van der Waals surface area contributed by atoms with Gasteiger partial charge in [0.2, 0.25) is 0 Å². The fraction of sp³-hybridized carbons (Fsp3) is 0.182. The number of hydrogen-bond acceptors (Lipinski definition) is 2. The molecule has 0 unspecified atom stereocenters. The zero-order chi connectivity index (χ0) is 9.26. The molecule has 0 spiro atoms. The van der Waals surface area contributed by atoms with Crippen LogP contribution in [0.1, 0.15) is 11.1 Å². The third-order valence-electron chi connectivity index (χ3n) is 2.23. The number of nitrogens with zero attached hydrogens (tertiary/aromatic N) is 1. The first kappa shape index (κ1) is 8.20. The molecule has 2 aromatic rings. The standard InChI is InChI=1S/C11H11NO/c1-8-5-12-6-9-3-2-4-10(7-13)11(8)9/h2-6,13H,7H2,1H3. The van der Waals surface area contributed by atoms with Crippen LogP contribution in [0.25, 0.3) is 10.8 Å². The Morgan fingerprint density at radius 2 is 2.15 bits per heavy atom. The number of aryl methyl sites for hydroxylation is 1. The van der Waals surface area contributed by atoms with Crippen molar-refractivity contribution in [3.05, 3.63) is 41.7 Å². The van der Waals surface area contributed by atoms with Gasteiger partial charge in [-0.25, -0.2) is 0 Å². The smallest absolute Gasteiger partial charge is 0.0687 e. The van der Waals surface area contributed by atoms with Gasteiger partial charge in [-0.05, 0) is 23.4 Å². The lowest BCUT2D eigenvalue weighted by molar-refractivity contribution is 0.283. The predicted octanol–water partition coefficient (Wildman–Crippen LogP) is 2.04. The van der Waals surface area contributed by atoms with Gasteiger partial charge in [-0.15, -0.1) is 0 Å². The maximum absolute atomic E-state index is 9.14. The van der Waals surface area contributed by atoms with E-state index in [1.165, 1.54) is 0 Å². The minimum Gasteiger partial charge on any atom is -0.392 e. The SMILES string of the molecule is Cc1cncc2cccc(CO)c12. The average molecular weight is 173 g/mol. The molecule has 0 saturated heterocycles. The third-order valence-corrected chi connectivity index (χ3v) is 2.23. The molecule has 1 aromatic heterocycles. The Bertz CT molecular complexity index is 432. The number of aliphatic hydroxyl groups is 1. The van der Waals surface area contributed by atoms with Crippen LogP contribution in [0, 0.1) is 6.92 Å². The van der Waals surface area contributed by atoms with Crippen molar-refractivity contribution >= 4 is 10.8 Å². The van der Waals surface area contributed by atoms with E-state index >= 15 is 0 Å². The topological polar surface area (TPSA) is 33.1 Å². The van der Waals surface area contributed by atoms with Crippen molar-refractivity contribution in [2.45, 2.75) is 13.5 Å². The molecule has 0 atom stereocenters. The Morgan fingerprint density at radius 1 is 1.31 bits per heavy atom. The van der Waals surface area contributed by atoms with Gasteiger partial charge in [-0.1, -0.05) is 18.2 Å². The number of rotatable bonds is 1. The maximum atomic E-state index is 9.14. The van der Waals surface area contributed by atoms with Gasteiger partial charge in [0.05, 0.1) is 6.61 Å². The number of aliphatic hydroxyl groups excluding tert-OH is 1. The number of aromatic nitrogens is 1.